The molecular weight excluding hydrogens is 275 g/mol. The highest BCUT2D eigenvalue weighted by atomic mass is 79.9. The molecule has 0 heterocycles. The van der Waals surface area contributed by atoms with Gasteiger partial charge in [-0.25, -0.2) is 9.18 Å². The van der Waals surface area contributed by atoms with Gasteiger partial charge in [0.15, 0.2) is 0 Å². The third kappa shape index (κ3) is 3.59. The van der Waals surface area contributed by atoms with E-state index in [1.165, 1.54) is 12.1 Å². The molecule has 0 aliphatic heterocycles. The number of halogens is 2. The van der Waals surface area contributed by atoms with Gasteiger partial charge in [0.2, 0.25) is 0 Å². The summed E-state index contributed by atoms with van der Waals surface area (Å²) in [6.45, 7) is 5.24. The number of hydrogen-bond acceptors (Lipinski definition) is 2. The monoisotopic (exact) mass is 288 g/mol. The van der Waals surface area contributed by atoms with Crippen LogP contribution in [0, 0.1) is 5.82 Å². The molecule has 0 saturated heterocycles. The van der Waals surface area contributed by atoms with Crippen LogP contribution < -0.4 is 0 Å². The Balaban J connectivity index is 2.93. The zero-order valence-electron chi connectivity index (χ0n) is 9.51. The maximum Gasteiger partial charge on any atom is 0.341 e. The van der Waals surface area contributed by atoms with Crippen LogP contribution in [0.15, 0.2) is 18.2 Å². The van der Waals surface area contributed by atoms with Crippen LogP contribution in [0.2, 0.25) is 0 Å². The van der Waals surface area contributed by atoms with Gasteiger partial charge in [-0.1, -0.05) is 22.0 Å². The number of rotatable bonds is 2. The highest BCUT2D eigenvalue weighted by Crippen LogP contribution is 2.17. The molecule has 0 atom stereocenters. The second kappa shape index (κ2) is 4.95. The van der Waals surface area contributed by atoms with Gasteiger partial charge < -0.3 is 4.74 Å². The Bertz CT molecular complexity index is 396. The molecule has 1 aromatic rings. The Morgan fingerprint density at radius 2 is 2.06 bits per heavy atom. The van der Waals surface area contributed by atoms with Gasteiger partial charge in [0.05, 0.1) is 5.56 Å². The van der Waals surface area contributed by atoms with E-state index in [2.05, 4.69) is 15.9 Å². The molecule has 0 amide bonds. The highest BCUT2D eigenvalue weighted by Gasteiger charge is 2.20. The fourth-order valence-corrected chi connectivity index (χ4v) is 1.49. The minimum Gasteiger partial charge on any atom is -0.456 e. The summed E-state index contributed by atoms with van der Waals surface area (Å²) in [6, 6.07) is 4.46. The minimum atomic E-state index is -0.633. The summed E-state index contributed by atoms with van der Waals surface area (Å²) in [5, 5.41) is 0.554. The summed E-state index contributed by atoms with van der Waals surface area (Å²) < 4.78 is 18.6. The van der Waals surface area contributed by atoms with E-state index in [9.17, 15) is 9.18 Å². The number of hydrogen-bond donors (Lipinski definition) is 0. The van der Waals surface area contributed by atoms with Crippen LogP contribution in [0.25, 0.3) is 0 Å². The SMILES string of the molecule is CC(C)(C)OC(=O)c1ccc(CBr)cc1F. The molecule has 1 rings (SSSR count). The molecule has 88 valence electrons. The Hall–Kier alpha value is -0.900. The highest BCUT2D eigenvalue weighted by molar-refractivity contribution is 9.08. The number of carbonyl (C=O) groups excluding carboxylic acids is 1. The fourth-order valence-electron chi connectivity index (χ4n) is 1.14. The second-order valence-corrected chi connectivity index (χ2v) is 5.01. The van der Waals surface area contributed by atoms with Crippen LogP contribution >= 0.6 is 15.9 Å². The van der Waals surface area contributed by atoms with Crippen molar-refractivity contribution in [3.05, 3.63) is 35.1 Å². The van der Waals surface area contributed by atoms with Gasteiger partial charge >= 0.3 is 5.97 Å². The quantitative estimate of drug-likeness (QED) is 0.613. The molecule has 0 N–H and O–H groups in total. The van der Waals surface area contributed by atoms with Gasteiger partial charge in [-0.15, -0.1) is 0 Å². The lowest BCUT2D eigenvalue weighted by molar-refractivity contribution is 0.00647. The smallest absolute Gasteiger partial charge is 0.341 e. The van der Waals surface area contributed by atoms with E-state index in [0.29, 0.717) is 5.33 Å². The average Bonchev–Trinajstić information content (AvgIpc) is 2.14. The van der Waals surface area contributed by atoms with Gasteiger partial charge in [0.25, 0.3) is 0 Å². The Labute approximate surface area is 103 Å². The summed E-state index contributed by atoms with van der Waals surface area (Å²) in [4.78, 5) is 11.6. The molecule has 1 aromatic carbocycles. The molecule has 16 heavy (non-hydrogen) atoms. The molecule has 0 fully saturated rings. The maximum absolute atomic E-state index is 13.5. The standard InChI is InChI=1S/C12H14BrFO2/c1-12(2,3)16-11(15)9-5-4-8(7-13)6-10(9)14/h4-6H,7H2,1-3H3. The molecule has 0 spiro atoms. The molecule has 0 aliphatic carbocycles. The molecule has 0 aliphatic rings. The van der Waals surface area contributed by atoms with E-state index in [0.717, 1.165) is 5.56 Å². The van der Waals surface area contributed by atoms with Gasteiger partial charge in [-0.05, 0) is 38.5 Å². The fraction of sp³-hybridized carbons (Fsp3) is 0.417. The van der Waals surface area contributed by atoms with Crippen LogP contribution in [-0.4, -0.2) is 11.6 Å². The van der Waals surface area contributed by atoms with Gasteiger partial charge in [0.1, 0.15) is 11.4 Å². The van der Waals surface area contributed by atoms with Crippen LogP contribution in [0.4, 0.5) is 4.39 Å². The van der Waals surface area contributed by atoms with Crippen molar-refractivity contribution in [1.82, 2.24) is 0 Å². The van der Waals surface area contributed by atoms with Crippen LogP contribution in [-0.2, 0) is 10.1 Å². The predicted molar refractivity (Wildman–Crippen MR) is 64.2 cm³/mol. The second-order valence-electron chi connectivity index (χ2n) is 4.45. The lowest BCUT2D eigenvalue weighted by Gasteiger charge is -2.19. The van der Waals surface area contributed by atoms with Gasteiger partial charge in [-0.3, -0.25) is 0 Å². The summed E-state index contributed by atoms with van der Waals surface area (Å²) in [6.07, 6.45) is 0. The van der Waals surface area contributed by atoms with E-state index in [4.69, 9.17) is 4.74 Å². The third-order valence-electron chi connectivity index (χ3n) is 1.81. The summed E-state index contributed by atoms with van der Waals surface area (Å²) in [7, 11) is 0. The topological polar surface area (TPSA) is 26.3 Å². The van der Waals surface area contributed by atoms with E-state index < -0.39 is 17.4 Å². The Kier molecular flexibility index (Phi) is 4.08. The molecule has 2 nitrogen and oxygen atoms in total. The first-order chi connectivity index (χ1) is 7.33. The Morgan fingerprint density at radius 1 is 1.44 bits per heavy atom. The first-order valence-electron chi connectivity index (χ1n) is 4.91. The van der Waals surface area contributed by atoms with Crippen LogP contribution in [0.3, 0.4) is 0 Å². The van der Waals surface area contributed by atoms with Crippen molar-refractivity contribution in [3.8, 4) is 0 Å². The normalized spacial score (nSPS) is 11.3. The van der Waals surface area contributed by atoms with E-state index in [1.54, 1.807) is 26.8 Å². The van der Waals surface area contributed by atoms with Crippen molar-refractivity contribution in [2.24, 2.45) is 0 Å². The minimum absolute atomic E-state index is 0.0281. The zero-order chi connectivity index (χ0) is 12.3. The third-order valence-corrected chi connectivity index (χ3v) is 2.45. The van der Waals surface area contributed by atoms with Crippen molar-refractivity contribution < 1.29 is 13.9 Å². The molecule has 0 saturated carbocycles. The van der Waals surface area contributed by atoms with Crippen molar-refractivity contribution in [3.63, 3.8) is 0 Å². The van der Waals surface area contributed by atoms with Crippen molar-refractivity contribution >= 4 is 21.9 Å². The molecular formula is C12H14BrFO2. The van der Waals surface area contributed by atoms with Crippen LogP contribution in [0.5, 0.6) is 0 Å². The van der Waals surface area contributed by atoms with Crippen LogP contribution in [0.1, 0.15) is 36.7 Å². The van der Waals surface area contributed by atoms with Crippen molar-refractivity contribution in [1.29, 1.82) is 0 Å². The molecule has 0 aromatic heterocycles. The predicted octanol–water partition coefficient (Wildman–Crippen LogP) is 3.68. The lowest BCUT2D eigenvalue weighted by Crippen LogP contribution is -2.24. The largest absolute Gasteiger partial charge is 0.456 e. The van der Waals surface area contributed by atoms with Crippen molar-refractivity contribution in [2.45, 2.75) is 31.7 Å². The summed E-state index contributed by atoms with van der Waals surface area (Å²) >= 11 is 3.22. The van der Waals surface area contributed by atoms with E-state index >= 15 is 0 Å². The lowest BCUT2D eigenvalue weighted by atomic mass is 10.1. The molecule has 0 radical (unpaired) electrons. The molecule has 4 heteroatoms. The molecule has 0 bridgehead atoms. The summed E-state index contributed by atoms with van der Waals surface area (Å²) in [5.41, 5.74) is 0.141. The van der Waals surface area contributed by atoms with Gasteiger partial charge in [0, 0.05) is 5.33 Å². The average molecular weight is 289 g/mol. The number of carbonyl (C=O) groups is 1. The van der Waals surface area contributed by atoms with E-state index in [-0.39, 0.29) is 5.56 Å². The maximum atomic E-state index is 13.5. The Morgan fingerprint density at radius 3 is 2.50 bits per heavy atom. The van der Waals surface area contributed by atoms with Gasteiger partial charge in [-0.2, -0.15) is 0 Å². The first-order valence-corrected chi connectivity index (χ1v) is 6.03. The first kappa shape index (κ1) is 13.2. The molecule has 0 unspecified atom stereocenters. The van der Waals surface area contributed by atoms with E-state index in [1.807, 2.05) is 0 Å². The number of benzene rings is 1. The number of esters is 1. The zero-order valence-corrected chi connectivity index (χ0v) is 11.1. The number of ether oxygens (including phenoxy) is 1. The number of alkyl halides is 1. The summed E-state index contributed by atoms with van der Waals surface area (Å²) in [5.74, 6) is -1.18. The van der Waals surface area contributed by atoms with Crippen molar-refractivity contribution in [2.75, 3.05) is 0 Å².